The Morgan fingerprint density at radius 1 is 1.07 bits per heavy atom. The van der Waals surface area contributed by atoms with Crippen molar-refractivity contribution >= 4 is 51.7 Å². The largest absolute Gasteiger partial charge is 0.357 e. The molecule has 0 spiro atoms. The smallest absolute Gasteiger partial charge is 0.240 e. The van der Waals surface area contributed by atoms with Crippen molar-refractivity contribution in [2.45, 2.75) is 29.7 Å². The number of nitrogens with zero attached hydrogens (tertiary/aromatic N) is 1. The molecule has 0 unspecified atom stereocenters. The molecule has 2 rings (SSSR count). The lowest BCUT2D eigenvalue weighted by atomic mass is 10.2. The van der Waals surface area contributed by atoms with Crippen LogP contribution >= 0.6 is 35.7 Å². The minimum Gasteiger partial charge on any atom is -0.357 e. The summed E-state index contributed by atoms with van der Waals surface area (Å²) in [6.45, 7) is 3.95. The van der Waals surface area contributed by atoms with E-state index in [0.29, 0.717) is 12.5 Å². The second kappa shape index (κ2) is 13.8. The van der Waals surface area contributed by atoms with Crippen LogP contribution in [0, 0.1) is 5.82 Å². The summed E-state index contributed by atoms with van der Waals surface area (Å²) >= 11 is 1.69. The molecule has 0 atom stereocenters. The zero-order valence-corrected chi connectivity index (χ0v) is 21.0. The second-order valence-electron chi connectivity index (χ2n) is 6.13. The molecule has 0 fully saturated rings. The van der Waals surface area contributed by atoms with Gasteiger partial charge in [-0.15, -0.1) is 35.7 Å². The lowest BCUT2D eigenvalue weighted by Gasteiger charge is -2.11. The fraction of sp³-hybridized carbons (Fsp3) is 0.350. The highest BCUT2D eigenvalue weighted by molar-refractivity contribution is 14.0. The number of nitrogens with one attached hydrogen (secondary N) is 3. The Kier molecular flexibility index (Phi) is 12.3. The number of sulfonamides is 1. The third-order valence-corrected chi connectivity index (χ3v) is 6.49. The monoisotopic (exact) mass is 566 g/mol. The number of halogens is 2. The van der Waals surface area contributed by atoms with Gasteiger partial charge in [0.25, 0.3) is 0 Å². The average molecular weight is 567 g/mol. The molecule has 0 heterocycles. The zero-order chi connectivity index (χ0) is 21.1. The van der Waals surface area contributed by atoms with Gasteiger partial charge in [0.15, 0.2) is 5.96 Å². The standard InChI is InChI=1S/C20H27FN4O2S2.HI/c1-3-23-20(24-13-4-14-28-18-9-7-17(21)8-10-18)25-15-16-5-11-19(12-6-16)29(26,27)22-2;/h5-12,22H,3-4,13-15H2,1-2H3,(H2,23,24,25);1H. The molecular formula is C20H28FIN4O2S2. The predicted molar refractivity (Wildman–Crippen MR) is 133 cm³/mol. The molecule has 0 saturated carbocycles. The Balaban J connectivity index is 0.00000450. The highest BCUT2D eigenvalue weighted by Gasteiger charge is 2.10. The van der Waals surface area contributed by atoms with Gasteiger partial charge < -0.3 is 10.6 Å². The van der Waals surface area contributed by atoms with Crippen LogP contribution in [0.5, 0.6) is 0 Å². The van der Waals surface area contributed by atoms with E-state index < -0.39 is 10.0 Å². The lowest BCUT2D eigenvalue weighted by molar-refractivity contribution is 0.588. The van der Waals surface area contributed by atoms with Gasteiger partial charge >= 0.3 is 0 Å². The second-order valence-corrected chi connectivity index (χ2v) is 9.18. The zero-order valence-electron chi connectivity index (χ0n) is 17.0. The van der Waals surface area contributed by atoms with Crippen LogP contribution in [0.3, 0.4) is 0 Å². The number of aliphatic imine (C=N–C) groups is 1. The van der Waals surface area contributed by atoms with E-state index in [2.05, 4.69) is 20.3 Å². The van der Waals surface area contributed by atoms with E-state index in [9.17, 15) is 12.8 Å². The van der Waals surface area contributed by atoms with E-state index in [1.54, 1.807) is 48.2 Å². The molecule has 166 valence electrons. The summed E-state index contributed by atoms with van der Waals surface area (Å²) in [6, 6.07) is 13.2. The normalized spacial score (nSPS) is 11.6. The minimum absolute atomic E-state index is 0. The van der Waals surface area contributed by atoms with Crippen LogP contribution in [-0.4, -0.2) is 40.3 Å². The summed E-state index contributed by atoms with van der Waals surface area (Å²) in [5, 5.41) is 6.49. The summed E-state index contributed by atoms with van der Waals surface area (Å²) in [5.74, 6) is 1.41. The molecule has 0 aromatic heterocycles. The van der Waals surface area contributed by atoms with Crippen LogP contribution in [0.4, 0.5) is 4.39 Å². The molecule has 3 N–H and O–H groups in total. The van der Waals surface area contributed by atoms with E-state index in [1.807, 2.05) is 6.92 Å². The maximum atomic E-state index is 12.9. The van der Waals surface area contributed by atoms with Crippen LogP contribution in [0.2, 0.25) is 0 Å². The minimum atomic E-state index is -3.43. The quantitative estimate of drug-likeness (QED) is 0.135. The first-order valence-electron chi connectivity index (χ1n) is 9.37. The van der Waals surface area contributed by atoms with E-state index in [1.165, 1.54) is 19.2 Å². The fourth-order valence-electron chi connectivity index (χ4n) is 2.40. The van der Waals surface area contributed by atoms with Gasteiger partial charge in [-0.1, -0.05) is 12.1 Å². The van der Waals surface area contributed by atoms with Gasteiger partial charge in [0.05, 0.1) is 11.4 Å². The highest BCUT2D eigenvalue weighted by atomic mass is 127. The summed E-state index contributed by atoms with van der Waals surface area (Å²) in [7, 11) is -2.04. The van der Waals surface area contributed by atoms with Gasteiger partial charge in [-0.3, -0.25) is 0 Å². The molecule has 2 aromatic carbocycles. The third kappa shape index (κ3) is 9.19. The highest BCUT2D eigenvalue weighted by Crippen LogP contribution is 2.18. The Morgan fingerprint density at radius 2 is 1.73 bits per heavy atom. The van der Waals surface area contributed by atoms with Crippen molar-refractivity contribution in [2.75, 3.05) is 25.9 Å². The summed E-state index contributed by atoms with van der Waals surface area (Å²) in [4.78, 5) is 5.83. The van der Waals surface area contributed by atoms with E-state index in [0.717, 1.165) is 35.7 Å². The van der Waals surface area contributed by atoms with Crippen molar-refractivity contribution < 1.29 is 12.8 Å². The molecule has 6 nitrogen and oxygen atoms in total. The number of benzene rings is 2. The molecule has 30 heavy (non-hydrogen) atoms. The molecular weight excluding hydrogens is 538 g/mol. The molecule has 0 saturated heterocycles. The Bertz CT molecular complexity index is 892. The maximum Gasteiger partial charge on any atom is 0.240 e. The first-order chi connectivity index (χ1) is 13.9. The molecule has 0 amide bonds. The molecule has 0 aliphatic rings. The number of hydrogen-bond donors (Lipinski definition) is 3. The van der Waals surface area contributed by atoms with Gasteiger partial charge in [0.2, 0.25) is 10.0 Å². The summed E-state index contributed by atoms with van der Waals surface area (Å²) in [6.07, 6.45) is 0.934. The Hall–Kier alpha value is -1.37. The fourth-order valence-corrected chi connectivity index (χ4v) is 3.99. The maximum absolute atomic E-state index is 12.9. The molecule has 0 aliphatic heterocycles. The van der Waals surface area contributed by atoms with Gasteiger partial charge in [0, 0.05) is 18.0 Å². The topological polar surface area (TPSA) is 82.6 Å². The molecule has 2 aromatic rings. The molecule has 10 heteroatoms. The lowest BCUT2D eigenvalue weighted by Crippen LogP contribution is -2.37. The van der Waals surface area contributed by atoms with E-state index >= 15 is 0 Å². The first kappa shape index (κ1) is 26.7. The van der Waals surface area contributed by atoms with E-state index in [4.69, 9.17) is 0 Å². The van der Waals surface area contributed by atoms with Gasteiger partial charge in [-0.25, -0.2) is 22.5 Å². The number of hydrogen-bond acceptors (Lipinski definition) is 4. The average Bonchev–Trinajstić information content (AvgIpc) is 2.73. The van der Waals surface area contributed by atoms with Crippen LogP contribution in [0.1, 0.15) is 18.9 Å². The van der Waals surface area contributed by atoms with Crippen molar-refractivity contribution in [2.24, 2.45) is 4.99 Å². The number of rotatable bonds is 10. The van der Waals surface area contributed by atoms with Crippen LogP contribution in [0.15, 0.2) is 63.3 Å². The SMILES string of the molecule is CCNC(=NCc1ccc(S(=O)(=O)NC)cc1)NCCCSc1ccc(F)cc1.I. The molecule has 0 radical (unpaired) electrons. The van der Waals surface area contributed by atoms with Crippen molar-refractivity contribution in [1.29, 1.82) is 0 Å². The van der Waals surface area contributed by atoms with Crippen LogP contribution in [-0.2, 0) is 16.6 Å². The van der Waals surface area contributed by atoms with Crippen LogP contribution in [0.25, 0.3) is 0 Å². The molecule has 0 bridgehead atoms. The summed E-state index contributed by atoms with van der Waals surface area (Å²) < 4.78 is 38.7. The van der Waals surface area contributed by atoms with Crippen LogP contribution < -0.4 is 15.4 Å². The first-order valence-corrected chi connectivity index (χ1v) is 11.8. The van der Waals surface area contributed by atoms with Crippen molar-refractivity contribution in [1.82, 2.24) is 15.4 Å². The predicted octanol–water partition coefficient (Wildman–Crippen LogP) is 3.59. The van der Waals surface area contributed by atoms with Gasteiger partial charge in [0.1, 0.15) is 5.82 Å². The Morgan fingerprint density at radius 3 is 2.33 bits per heavy atom. The number of guanidine groups is 1. The van der Waals surface area contributed by atoms with Crippen molar-refractivity contribution in [3.05, 3.63) is 59.9 Å². The third-order valence-electron chi connectivity index (χ3n) is 3.96. The molecule has 0 aliphatic carbocycles. The summed E-state index contributed by atoms with van der Waals surface area (Å²) in [5.41, 5.74) is 0.920. The van der Waals surface area contributed by atoms with Crippen molar-refractivity contribution in [3.8, 4) is 0 Å². The van der Waals surface area contributed by atoms with E-state index in [-0.39, 0.29) is 34.7 Å². The van der Waals surface area contributed by atoms with Gasteiger partial charge in [-0.05, 0) is 68.1 Å². The Labute approximate surface area is 199 Å². The van der Waals surface area contributed by atoms with Crippen molar-refractivity contribution in [3.63, 3.8) is 0 Å². The van der Waals surface area contributed by atoms with Gasteiger partial charge in [-0.2, -0.15) is 0 Å². The number of thioether (sulfide) groups is 1.